The third-order valence-corrected chi connectivity index (χ3v) is 3.74. The largest absolute Gasteiger partial charge is 0.378 e. The number of benzene rings is 2. The van der Waals surface area contributed by atoms with Gasteiger partial charge < -0.3 is 15.0 Å². The second kappa shape index (κ2) is 7.61. The van der Waals surface area contributed by atoms with Crippen molar-refractivity contribution in [3.8, 4) is 0 Å². The molecule has 4 nitrogen and oxygen atoms in total. The summed E-state index contributed by atoms with van der Waals surface area (Å²) in [6.45, 7) is 3.35. The maximum absolute atomic E-state index is 11.9. The van der Waals surface area contributed by atoms with Crippen LogP contribution in [0, 0.1) is 0 Å². The number of carbonyl (C=O) groups excluding carboxylic acids is 1. The summed E-state index contributed by atoms with van der Waals surface area (Å²) in [7, 11) is 0. The first-order valence-electron chi connectivity index (χ1n) is 7.78. The molecule has 0 unspecified atom stereocenters. The van der Waals surface area contributed by atoms with E-state index < -0.39 is 0 Å². The van der Waals surface area contributed by atoms with Crippen LogP contribution in [0.25, 0.3) is 6.08 Å². The SMILES string of the molecule is O=C(/C=C\c1ccccc1)Nc1ccc(N2CCOCC2)cc1. The number of amides is 1. The van der Waals surface area contributed by atoms with Gasteiger partial charge in [-0.2, -0.15) is 0 Å². The molecule has 3 rings (SSSR count). The first-order chi connectivity index (χ1) is 11.3. The Morgan fingerprint density at radius 3 is 2.39 bits per heavy atom. The molecule has 23 heavy (non-hydrogen) atoms. The van der Waals surface area contributed by atoms with Crippen molar-refractivity contribution in [2.45, 2.75) is 0 Å². The number of nitrogens with zero attached hydrogens (tertiary/aromatic N) is 1. The minimum atomic E-state index is -0.132. The highest BCUT2D eigenvalue weighted by molar-refractivity contribution is 6.02. The van der Waals surface area contributed by atoms with Crippen LogP contribution in [0.15, 0.2) is 60.7 Å². The van der Waals surface area contributed by atoms with Gasteiger partial charge in [0.25, 0.3) is 0 Å². The van der Waals surface area contributed by atoms with Crippen LogP contribution in [-0.4, -0.2) is 32.2 Å². The van der Waals surface area contributed by atoms with Gasteiger partial charge in [-0.15, -0.1) is 0 Å². The highest BCUT2D eigenvalue weighted by atomic mass is 16.5. The standard InChI is InChI=1S/C19H20N2O2/c22-19(11-6-16-4-2-1-3-5-16)20-17-7-9-18(10-8-17)21-12-14-23-15-13-21/h1-11H,12-15H2,(H,20,22)/b11-6-. The molecule has 0 radical (unpaired) electrons. The quantitative estimate of drug-likeness (QED) is 0.882. The minimum Gasteiger partial charge on any atom is -0.378 e. The average molecular weight is 308 g/mol. The van der Waals surface area contributed by atoms with Crippen LogP contribution in [0.4, 0.5) is 11.4 Å². The average Bonchev–Trinajstić information content (AvgIpc) is 2.62. The maximum Gasteiger partial charge on any atom is 0.248 e. The van der Waals surface area contributed by atoms with Crippen molar-refractivity contribution >= 4 is 23.4 Å². The van der Waals surface area contributed by atoms with E-state index in [0.29, 0.717) is 0 Å². The molecule has 118 valence electrons. The first kappa shape index (κ1) is 15.3. The summed E-state index contributed by atoms with van der Waals surface area (Å²) in [5.41, 5.74) is 2.96. The zero-order valence-corrected chi connectivity index (χ0v) is 12.9. The van der Waals surface area contributed by atoms with Crippen molar-refractivity contribution in [1.82, 2.24) is 0 Å². The van der Waals surface area contributed by atoms with Crippen molar-refractivity contribution in [2.75, 3.05) is 36.5 Å². The fourth-order valence-corrected chi connectivity index (χ4v) is 2.50. The Bertz CT molecular complexity index is 660. The number of morpholine rings is 1. The molecular weight excluding hydrogens is 288 g/mol. The maximum atomic E-state index is 11.9. The van der Waals surface area contributed by atoms with Crippen molar-refractivity contribution in [1.29, 1.82) is 0 Å². The number of anilines is 2. The Balaban J connectivity index is 1.57. The zero-order chi connectivity index (χ0) is 15.9. The molecule has 1 aliphatic rings. The molecule has 1 fully saturated rings. The summed E-state index contributed by atoms with van der Waals surface area (Å²) in [5.74, 6) is -0.132. The van der Waals surface area contributed by atoms with Crippen LogP contribution in [0.3, 0.4) is 0 Å². The second-order valence-electron chi connectivity index (χ2n) is 5.38. The van der Waals surface area contributed by atoms with Crippen molar-refractivity contribution in [3.05, 3.63) is 66.2 Å². The van der Waals surface area contributed by atoms with Crippen LogP contribution in [0.5, 0.6) is 0 Å². The summed E-state index contributed by atoms with van der Waals surface area (Å²) in [6.07, 6.45) is 3.35. The molecule has 0 saturated carbocycles. The summed E-state index contributed by atoms with van der Waals surface area (Å²) in [5, 5.41) is 2.87. The Hall–Kier alpha value is -2.59. The molecule has 0 bridgehead atoms. The van der Waals surface area contributed by atoms with E-state index >= 15 is 0 Å². The third-order valence-electron chi connectivity index (χ3n) is 3.74. The predicted molar refractivity (Wildman–Crippen MR) is 93.6 cm³/mol. The van der Waals surface area contributed by atoms with Crippen LogP contribution < -0.4 is 10.2 Å². The van der Waals surface area contributed by atoms with Crippen molar-refractivity contribution in [2.24, 2.45) is 0 Å². The molecular formula is C19H20N2O2. The fraction of sp³-hybridized carbons (Fsp3) is 0.211. The van der Waals surface area contributed by atoms with E-state index in [4.69, 9.17) is 4.74 Å². The van der Waals surface area contributed by atoms with Crippen LogP contribution in [0.2, 0.25) is 0 Å². The topological polar surface area (TPSA) is 41.6 Å². The van der Waals surface area contributed by atoms with E-state index in [1.165, 1.54) is 0 Å². The molecule has 2 aromatic rings. The molecule has 1 heterocycles. The number of hydrogen-bond acceptors (Lipinski definition) is 3. The molecule has 4 heteroatoms. The lowest BCUT2D eigenvalue weighted by Gasteiger charge is -2.28. The summed E-state index contributed by atoms with van der Waals surface area (Å²) in [4.78, 5) is 14.2. The van der Waals surface area contributed by atoms with Gasteiger partial charge in [-0.1, -0.05) is 30.3 Å². The van der Waals surface area contributed by atoms with Gasteiger partial charge in [0.05, 0.1) is 13.2 Å². The van der Waals surface area contributed by atoms with Gasteiger partial charge in [0.15, 0.2) is 0 Å². The highest BCUT2D eigenvalue weighted by Crippen LogP contribution is 2.19. The van der Waals surface area contributed by atoms with Gasteiger partial charge in [-0.25, -0.2) is 0 Å². The van der Waals surface area contributed by atoms with Gasteiger partial charge in [-0.3, -0.25) is 4.79 Å². The molecule has 0 aromatic heterocycles. The molecule has 0 aliphatic carbocycles. The van der Waals surface area contributed by atoms with Crippen LogP contribution >= 0.6 is 0 Å². The Morgan fingerprint density at radius 2 is 1.70 bits per heavy atom. The van der Waals surface area contributed by atoms with E-state index in [0.717, 1.165) is 43.2 Å². The normalized spacial score (nSPS) is 14.9. The fourth-order valence-electron chi connectivity index (χ4n) is 2.50. The molecule has 0 atom stereocenters. The van der Waals surface area contributed by atoms with E-state index in [-0.39, 0.29) is 5.91 Å². The van der Waals surface area contributed by atoms with Gasteiger partial charge in [0.2, 0.25) is 5.91 Å². The smallest absolute Gasteiger partial charge is 0.248 e. The van der Waals surface area contributed by atoms with Gasteiger partial charge in [-0.05, 0) is 35.9 Å². The zero-order valence-electron chi connectivity index (χ0n) is 12.9. The van der Waals surface area contributed by atoms with Crippen LogP contribution in [-0.2, 0) is 9.53 Å². The first-order valence-corrected chi connectivity index (χ1v) is 7.78. The summed E-state index contributed by atoms with van der Waals surface area (Å²) in [6, 6.07) is 17.7. The van der Waals surface area contributed by atoms with Crippen molar-refractivity contribution in [3.63, 3.8) is 0 Å². The van der Waals surface area contributed by atoms with Crippen molar-refractivity contribution < 1.29 is 9.53 Å². The lowest BCUT2D eigenvalue weighted by Crippen LogP contribution is -2.36. The Kier molecular flexibility index (Phi) is 5.06. The van der Waals surface area contributed by atoms with Gasteiger partial charge >= 0.3 is 0 Å². The number of carbonyl (C=O) groups is 1. The summed E-state index contributed by atoms with van der Waals surface area (Å²) < 4.78 is 5.35. The predicted octanol–water partition coefficient (Wildman–Crippen LogP) is 3.18. The molecule has 1 amide bonds. The molecule has 1 saturated heterocycles. The van der Waals surface area contributed by atoms with Crippen LogP contribution in [0.1, 0.15) is 5.56 Å². The third kappa shape index (κ3) is 4.44. The summed E-state index contributed by atoms with van der Waals surface area (Å²) >= 11 is 0. The number of nitrogens with one attached hydrogen (secondary N) is 1. The number of ether oxygens (including phenoxy) is 1. The Morgan fingerprint density at radius 1 is 1.00 bits per heavy atom. The van der Waals surface area contributed by atoms with E-state index in [2.05, 4.69) is 10.2 Å². The monoisotopic (exact) mass is 308 g/mol. The molecule has 1 N–H and O–H groups in total. The minimum absolute atomic E-state index is 0.132. The van der Waals surface area contributed by atoms with Gasteiger partial charge in [0, 0.05) is 30.5 Å². The van der Waals surface area contributed by atoms with E-state index in [9.17, 15) is 4.79 Å². The van der Waals surface area contributed by atoms with E-state index in [1.54, 1.807) is 12.2 Å². The highest BCUT2D eigenvalue weighted by Gasteiger charge is 2.10. The van der Waals surface area contributed by atoms with E-state index in [1.807, 2.05) is 54.6 Å². The number of rotatable bonds is 4. The molecule has 2 aromatic carbocycles. The number of hydrogen-bond donors (Lipinski definition) is 1. The lowest BCUT2D eigenvalue weighted by molar-refractivity contribution is -0.111. The second-order valence-corrected chi connectivity index (χ2v) is 5.38. The Labute approximate surface area is 136 Å². The van der Waals surface area contributed by atoms with Gasteiger partial charge in [0.1, 0.15) is 0 Å². The molecule has 1 aliphatic heterocycles. The molecule has 0 spiro atoms. The lowest BCUT2D eigenvalue weighted by atomic mass is 10.2.